The van der Waals surface area contributed by atoms with Crippen LogP contribution in [0.2, 0.25) is 0 Å². The summed E-state index contributed by atoms with van der Waals surface area (Å²) in [6.45, 7) is 0. The lowest BCUT2D eigenvalue weighted by molar-refractivity contribution is 0.415. The summed E-state index contributed by atoms with van der Waals surface area (Å²) >= 11 is 0. The molecule has 0 radical (unpaired) electrons. The van der Waals surface area contributed by atoms with Crippen molar-refractivity contribution in [3.63, 3.8) is 0 Å². The smallest absolute Gasteiger partial charge is 0.152 e. The van der Waals surface area contributed by atoms with Crippen molar-refractivity contribution >= 4 is 11.5 Å². The van der Waals surface area contributed by atoms with Crippen LogP contribution in [0.15, 0.2) is 54.6 Å². The first-order chi connectivity index (χ1) is 10.2. The second kappa shape index (κ2) is 5.58. The second-order valence-corrected chi connectivity index (χ2v) is 4.57. The first-order valence-corrected chi connectivity index (χ1v) is 6.50. The van der Waals surface area contributed by atoms with Gasteiger partial charge in [-0.05, 0) is 54.1 Å². The summed E-state index contributed by atoms with van der Waals surface area (Å²) in [6.07, 6.45) is 0. The van der Waals surface area contributed by atoms with Crippen molar-refractivity contribution in [2.75, 3.05) is 12.4 Å². The summed E-state index contributed by atoms with van der Waals surface area (Å²) in [5, 5.41) is 19.6. The van der Waals surface area contributed by atoms with Crippen molar-refractivity contribution in [3.8, 4) is 22.8 Å². The summed E-state index contributed by atoms with van der Waals surface area (Å²) in [5.41, 5.74) is 2.81. The van der Waals surface area contributed by atoms with Crippen LogP contribution < -0.4 is 10.1 Å². The van der Waals surface area contributed by atoms with E-state index in [9.17, 15) is 5.11 Å². The number of aromatic hydroxyl groups is 1. The maximum absolute atomic E-state index is 9.26. The standard InChI is InChI=1S/C16H15N3O2/c1-21-14-8-2-11(3-9-14)15-10-16(19-18-15)17-12-4-6-13(20)7-5-12/h2-10,20H,1H3,(H2,17,18,19). The van der Waals surface area contributed by atoms with E-state index in [0.29, 0.717) is 5.82 Å². The third-order valence-corrected chi connectivity index (χ3v) is 3.12. The van der Waals surface area contributed by atoms with E-state index in [-0.39, 0.29) is 5.75 Å². The molecule has 5 nitrogen and oxygen atoms in total. The van der Waals surface area contributed by atoms with Gasteiger partial charge in [0.15, 0.2) is 5.82 Å². The Kier molecular flexibility index (Phi) is 3.47. The Balaban J connectivity index is 1.77. The summed E-state index contributed by atoms with van der Waals surface area (Å²) in [7, 11) is 1.64. The van der Waals surface area contributed by atoms with Gasteiger partial charge in [0, 0.05) is 11.8 Å². The number of aromatic nitrogens is 2. The minimum atomic E-state index is 0.237. The van der Waals surface area contributed by atoms with Gasteiger partial charge in [-0.1, -0.05) is 0 Å². The van der Waals surface area contributed by atoms with Crippen LogP contribution in [-0.2, 0) is 0 Å². The number of rotatable bonds is 4. The highest BCUT2D eigenvalue weighted by Crippen LogP contribution is 2.24. The van der Waals surface area contributed by atoms with Gasteiger partial charge in [-0.15, -0.1) is 0 Å². The predicted octanol–water partition coefficient (Wildman–Crippen LogP) is 3.53. The number of phenolic OH excluding ortho intramolecular Hbond substituents is 1. The SMILES string of the molecule is COc1ccc(-c2cc(Nc3ccc(O)cc3)n[nH]2)cc1. The number of H-pyrrole nitrogens is 1. The molecule has 3 aromatic rings. The van der Waals surface area contributed by atoms with Crippen LogP contribution in [0.4, 0.5) is 11.5 Å². The maximum atomic E-state index is 9.26. The molecule has 0 aliphatic heterocycles. The van der Waals surface area contributed by atoms with Crippen LogP contribution in [-0.4, -0.2) is 22.4 Å². The molecule has 5 heteroatoms. The van der Waals surface area contributed by atoms with Gasteiger partial charge < -0.3 is 15.2 Å². The Labute approximate surface area is 122 Å². The van der Waals surface area contributed by atoms with E-state index < -0.39 is 0 Å². The topological polar surface area (TPSA) is 70.2 Å². The molecule has 1 heterocycles. The molecule has 3 rings (SSSR count). The van der Waals surface area contributed by atoms with Crippen LogP contribution in [0.25, 0.3) is 11.3 Å². The third kappa shape index (κ3) is 2.97. The highest BCUT2D eigenvalue weighted by Gasteiger charge is 2.04. The zero-order valence-corrected chi connectivity index (χ0v) is 11.5. The van der Waals surface area contributed by atoms with E-state index in [2.05, 4.69) is 15.5 Å². The van der Waals surface area contributed by atoms with Gasteiger partial charge in [0.2, 0.25) is 0 Å². The van der Waals surface area contributed by atoms with E-state index >= 15 is 0 Å². The molecule has 0 fully saturated rings. The van der Waals surface area contributed by atoms with E-state index in [0.717, 1.165) is 22.7 Å². The summed E-state index contributed by atoms with van der Waals surface area (Å²) in [5.74, 6) is 1.77. The first kappa shape index (κ1) is 13.1. The molecule has 2 aromatic carbocycles. The Morgan fingerprint density at radius 3 is 2.43 bits per heavy atom. The number of nitrogens with zero attached hydrogens (tertiary/aromatic N) is 1. The van der Waals surface area contributed by atoms with Crippen molar-refractivity contribution in [2.24, 2.45) is 0 Å². The number of nitrogens with one attached hydrogen (secondary N) is 2. The van der Waals surface area contributed by atoms with Crippen molar-refractivity contribution in [3.05, 3.63) is 54.6 Å². The predicted molar refractivity (Wildman–Crippen MR) is 82.0 cm³/mol. The van der Waals surface area contributed by atoms with Crippen LogP contribution >= 0.6 is 0 Å². The molecule has 0 spiro atoms. The molecule has 0 aliphatic carbocycles. The number of ether oxygens (including phenoxy) is 1. The molecule has 0 amide bonds. The molecule has 0 aliphatic rings. The second-order valence-electron chi connectivity index (χ2n) is 4.57. The van der Waals surface area contributed by atoms with Crippen molar-refractivity contribution in [2.45, 2.75) is 0 Å². The van der Waals surface area contributed by atoms with Gasteiger partial charge in [-0.2, -0.15) is 5.10 Å². The summed E-state index contributed by atoms with van der Waals surface area (Å²) < 4.78 is 5.14. The molecule has 21 heavy (non-hydrogen) atoms. The van der Waals surface area contributed by atoms with Crippen LogP contribution in [0, 0.1) is 0 Å². The quantitative estimate of drug-likeness (QED) is 0.640. The molecule has 106 valence electrons. The fourth-order valence-electron chi connectivity index (χ4n) is 2.00. The fraction of sp³-hybridized carbons (Fsp3) is 0.0625. The first-order valence-electron chi connectivity index (χ1n) is 6.50. The Morgan fingerprint density at radius 1 is 1.05 bits per heavy atom. The van der Waals surface area contributed by atoms with Gasteiger partial charge in [0.1, 0.15) is 11.5 Å². The Bertz CT molecular complexity index is 718. The lowest BCUT2D eigenvalue weighted by Gasteiger charge is -2.02. The van der Waals surface area contributed by atoms with Crippen LogP contribution in [0.5, 0.6) is 11.5 Å². The fourth-order valence-corrected chi connectivity index (χ4v) is 2.00. The molecular formula is C16H15N3O2. The largest absolute Gasteiger partial charge is 0.508 e. The maximum Gasteiger partial charge on any atom is 0.152 e. The minimum absolute atomic E-state index is 0.237. The molecule has 0 bridgehead atoms. The molecule has 0 saturated carbocycles. The number of aromatic amines is 1. The normalized spacial score (nSPS) is 10.3. The number of phenols is 1. The van der Waals surface area contributed by atoms with Crippen molar-refractivity contribution in [1.82, 2.24) is 10.2 Å². The number of methoxy groups -OCH3 is 1. The molecule has 0 saturated heterocycles. The van der Waals surface area contributed by atoms with E-state index in [4.69, 9.17) is 4.74 Å². The van der Waals surface area contributed by atoms with Gasteiger partial charge in [0.05, 0.1) is 12.8 Å². The number of hydrogen-bond acceptors (Lipinski definition) is 4. The number of anilines is 2. The minimum Gasteiger partial charge on any atom is -0.508 e. The van der Waals surface area contributed by atoms with Gasteiger partial charge >= 0.3 is 0 Å². The highest BCUT2D eigenvalue weighted by atomic mass is 16.5. The number of benzene rings is 2. The molecular weight excluding hydrogens is 266 g/mol. The average Bonchev–Trinajstić information content (AvgIpc) is 2.98. The third-order valence-electron chi connectivity index (χ3n) is 3.12. The molecule has 0 unspecified atom stereocenters. The Hall–Kier alpha value is -2.95. The zero-order valence-electron chi connectivity index (χ0n) is 11.5. The van der Waals surface area contributed by atoms with Crippen LogP contribution in [0.3, 0.4) is 0 Å². The lowest BCUT2D eigenvalue weighted by atomic mass is 10.1. The van der Waals surface area contributed by atoms with Crippen molar-refractivity contribution in [1.29, 1.82) is 0 Å². The average molecular weight is 281 g/mol. The zero-order chi connectivity index (χ0) is 14.7. The lowest BCUT2D eigenvalue weighted by Crippen LogP contribution is -1.89. The van der Waals surface area contributed by atoms with Gasteiger partial charge in [-0.25, -0.2) is 0 Å². The van der Waals surface area contributed by atoms with Crippen LogP contribution in [0.1, 0.15) is 0 Å². The summed E-state index contributed by atoms with van der Waals surface area (Å²) in [4.78, 5) is 0. The van der Waals surface area contributed by atoms with E-state index in [1.807, 2.05) is 30.3 Å². The van der Waals surface area contributed by atoms with E-state index in [1.165, 1.54) is 0 Å². The monoisotopic (exact) mass is 281 g/mol. The molecule has 0 atom stereocenters. The number of hydrogen-bond donors (Lipinski definition) is 3. The Morgan fingerprint density at radius 2 is 1.76 bits per heavy atom. The van der Waals surface area contributed by atoms with Crippen molar-refractivity contribution < 1.29 is 9.84 Å². The van der Waals surface area contributed by atoms with Gasteiger partial charge in [-0.3, -0.25) is 5.10 Å². The molecule has 1 aromatic heterocycles. The van der Waals surface area contributed by atoms with E-state index in [1.54, 1.807) is 31.4 Å². The van der Waals surface area contributed by atoms with Gasteiger partial charge in [0.25, 0.3) is 0 Å². The highest BCUT2D eigenvalue weighted by molar-refractivity contribution is 5.66. The molecule has 3 N–H and O–H groups in total. The summed E-state index contributed by atoms with van der Waals surface area (Å²) in [6, 6.07) is 16.5.